The molecule has 0 aromatic heterocycles. The van der Waals surface area contributed by atoms with Crippen molar-refractivity contribution in [3.05, 3.63) is 42.0 Å². The average molecular weight is 296 g/mol. The molecule has 0 atom stereocenters. The Labute approximate surface area is 132 Å². The molecule has 1 aromatic rings. The highest BCUT2D eigenvalue weighted by atomic mass is 16.5. The van der Waals surface area contributed by atoms with Crippen LogP contribution < -0.4 is 0 Å². The lowest BCUT2D eigenvalue weighted by Gasteiger charge is -2.53. The van der Waals surface area contributed by atoms with Crippen molar-refractivity contribution in [1.82, 2.24) is 0 Å². The molecule has 0 amide bonds. The minimum Gasteiger partial charge on any atom is -0.458 e. The van der Waals surface area contributed by atoms with Crippen LogP contribution in [-0.2, 0) is 9.53 Å². The fraction of sp³-hybridized carbons (Fsp3) is 0.550. The SMILES string of the molecule is CC=C(C(=O)OC1C2CC3CC(C2)CC1C3)c1ccccc1. The first kappa shape index (κ1) is 14.0. The van der Waals surface area contributed by atoms with Gasteiger partial charge in [0.05, 0.1) is 5.57 Å². The molecule has 4 aliphatic rings. The highest BCUT2D eigenvalue weighted by Gasteiger charge is 2.50. The second-order valence-corrected chi connectivity index (χ2v) is 7.37. The molecule has 0 unspecified atom stereocenters. The van der Waals surface area contributed by atoms with Gasteiger partial charge in [-0.1, -0.05) is 36.4 Å². The van der Waals surface area contributed by atoms with Crippen molar-refractivity contribution < 1.29 is 9.53 Å². The number of esters is 1. The first-order chi connectivity index (χ1) is 10.7. The molecular weight excluding hydrogens is 272 g/mol. The molecule has 0 spiro atoms. The molecule has 2 nitrogen and oxygen atoms in total. The van der Waals surface area contributed by atoms with Crippen LogP contribution in [0.15, 0.2) is 36.4 Å². The number of ether oxygens (including phenoxy) is 1. The molecule has 2 heteroatoms. The fourth-order valence-corrected chi connectivity index (χ4v) is 5.27. The topological polar surface area (TPSA) is 26.3 Å². The first-order valence-corrected chi connectivity index (χ1v) is 8.67. The zero-order valence-electron chi connectivity index (χ0n) is 13.2. The summed E-state index contributed by atoms with van der Waals surface area (Å²) in [5.74, 6) is 2.93. The first-order valence-electron chi connectivity index (χ1n) is 8.67. The van der Waals surface area contributed by atoms with Gasteiger partial charge in [-0.3, -0.25) is 0 Å². The lowest BCUT2D eigenvalue weighted by Crippen LogP contribution is -2.50. The Kier molecular flexibility index (Phi) is 3.56. The molecule has 4 fully saturated rings. The summed E-state index contributed by atoms with van der Waals surface area (Å²) >= 11 is 0. The Bertz CT molecular complexity index is 559. The minimum absolute atomic E-state index is 0.133. The summed E-state index contributed by atoms with van der Waals surface area (Å²) < 4.78 is 6.03. The van der Waals surface area contributed by atoms with E-state index in [1.54, 1.807) is 0 Å². The predicted molar refractivity (Wildman–Crippen MR) is 87.0 cm³/mol. The van der Waals surface area contributed by atoms with Crippen LogP contribution in [-0.4, -0.2) is 12.1 Å². The summed E-state index contributed by atoms with van der Waals surface area (Å²) in [6.07, 6.45) is 8.59. The summed E-state index contributed by atoms with van der Waals surface area (Å²) in [4.78, 5) is 12.7. The smallest absolute Gasteiger partial charge is 0.338 e. The van der Waals surface area contributed by atoms with Crippen molar-refractivity contribution in [2.45, 2.75) is 45.1 Å². The van der Waals surface area contributed by atoms with Gasteiger partial charge in [-0.05, 0) is 68.3 Å². The van der Waals surface area contributed by atoms with Crippen molar-refractivity contribution in [3.63, 3.8) is 0 Å². The predicted octanol–water partition coefficient (Wildman–Crippen LogP) is 4.46. The van der Waals surface area contributed by atoms with Crippen LogP contribution >= 0.6 is 0 Å². The third-order valence-electron chi connectivity index (χ3n) is 5.98. The van der Waals surface area contributed by atoms with Crippen LogP contribution in [0.3, 0.4) is 0 Å². The van der Waals surface area contributed by atoms with E-state index >= 15 is 0 Å². The Hall–Kier alpha value is -1.57. The van der Waals surface area contributed by atoms with Gasteiger partial charge in [-0.2, -0.15) is 0 Å². The van der Waals surface area contributed by atoms with Crippen molar-refractivity contribution >= 4 is 11.5 Å². The number of benzene rings is 1. The van der Waals surface area contributed by atoms with E-state index in [1.807, 2.05) is 43.3 Å². The molecular formula is C20H24O2. The number of rotatable bonds is 3. The molecule has 0 N–H and O–H groups in total. The molecule has 4 aliphatic carbocycles. The lowest BCUT2D eigenvalue weighted by molar-refractivity contribution is -0.163. The maximum absolute atomic E-state index is 12.7. The second kappa shape index (κ2) is 5.57. The molecule has 0 heterocycles. The van der Waals surface area contributed by atoms with E-state index in [-0.39, 0.29) is 12.1 Å². The Balaban J connectivity index is 1.50. The van der Waals surface area contributed by atoms with Gasteiger partial charge < -0.3 is 4.74 Å². The molecule has 0 saturated heterocycles. The molecule has 0 aliphatic heterocycles. The maximum atomic E-state index is 12.7. The Morgan fingerprint density at radius 3 is 2.14 bits per heavy atom. The minimum atomic E-state index is -0.133. The summed E-state index contributed by atoms with van der Waals surface area (Å²) in [5, 5.41) is 0. The van der Waals surface area contributed by atoms with E-state index in [0.717, 1.165) is 17.4 Å². The van der Waals surface area contributed by atoms with Crippen LogP contribution in [0.5, 0.6) is 0 Å². The number of carbonyl (C=O) groups excluding carboxylic acids is 1. The van der Waals surface area contributed by atoms with E-state index in [2.05, 4.69) is 0 Å². The van der Waals surface area contributed by atoms with Gasteiger partial charge in [-0.25, -0.2) is 4.79 Å². The van der Waals surface area contributed by atoms with Crippen LogP contribution in [0.2, 0.25) is 0 Å². The Morgan fingerprint density at radius 2 is 1.59 bits per heavy atom. The average Bonchev–Trinajstić information content (AvgIpc) is 2.52. The van der Waals surface area contributed by atoms with Gasteiger partial charge in [0.2, 0.25) is 0 Å². The number of carbonyl (C=O) groups is 1. The van der Waals surface area contributed by atoms with E-state index in [1.165, 1.54) is 32.1 Å². The quantitative estimate of drug-likeness (QED) is 0.608. The summed E-state index contributed by atoms with van der Waals surface area (Å²) in [7, 11) is 0. The van der Waals surface area contributed by atoms with Gasteiger partial charge in [-0.15, -0.1) is 0 Å². The number of hydrogen-bond acceptors (Lipinski definition) is 2. The van der Waals surface area contributed by atoms with E-state index < -0.39 is 0 Å². The van der Waals surface area contributed by atoms with E-state index in [9.17, 15) is 4.79 Å². The van der Waals surface area contributed by atoms with E-state index in [0.29, 0.717) is 17.4 Å². The highest BCUT2D eigenvalue weighted by molar-refractivity contribution is 6.16. The van der Waals surface area contributed by atoms with Crippen LogP contribution in [0.4, 0.5) is 0 Å². The van der Waals surface area contributed by atoms with E-state index in [4.69, 9.17) is 4.74 Å². The van der Waals surface area contributed by atoms with Gasteiger partial charge in [0.1, 0.15) is 6.10 Å². The fourth-order valence-electron chi connectivity index (χ4n) is 5.27. The van der Waals surface area contributed by atoms with Crippen molar-refractivity contribution in [2.24, 2.45) is 23.7 Å². The van der Waals surface area contributed by atoms with Crippen molar-refractivity contribution in [1.29, 1.82) is 0 Å². The summed E-state index contributed by atoms with van der Waals surface area (Å²) in [6, 6.07) is 9.87. The second-order valence-electron chi connectivity index (χ2n) is 7.37. The number of hydrogen-bond donors (Lipinski definition) is 0. The summed E-state index contributed by atoms with van der Waals surface area (Å²) in [5.41, 5.74) is 1.66. The Morgan fingerprint density at radius 1 is 1.00 bits per heavy atom. The molecule has 116 valence electrons. The highest BCUT2D eigenvalue weighted by Crippen LogP contribution is 2.54. The standard InChI is InChI=1S/C20H24O2/c1-2-18(15-6-4-3-5-7-15)20(21)22-19-16-9-13-8-14(11-16)12-17(19)10-13/h2-7,13-14,16-17,19H,8-12H2,1H3. The molecule has 1 aromatic carbocycles. The maximum Gasteiger partial charge on any atom is 0.338 e. The van der Waals surface area contributed by atoms with Crippen molar-refractivity contribution in [2.75, 3.05) is 0 Å². The monoisotopic (exact) mass is 296 g/mol. The lowest BCUT2D eigenvalue weighted by atomic mass is 9.55. The van der Waals surface area contributed by atoms with Gasteiger partial charge >= 0.3 is 5.97 Å². The molecule has 0 radical (unpaired) electrons. The normalized spacial score (nSPS) is 36.4. The zero-order chi connectivity index (χ0) is 15.1. The third kappa shape index (κ3) is 2.39. The molecule has 5 rings (SSSR count). The summed E-state index contributed by atoms with van der Waals surface area (Å²) in [6.45, 7) is 1.92. The van der Waals surface area contributed by atoms with Gasteiger partial charge in [0, 0.05) is 0 Å². The molecule has 4 bridgehead atoms. The molecule has 22 heavy (non-hydrogen) atoms. The van der Waals surface area contributed by atoms with Crippen LogP contribution in [0.1, 0.15) is 44.6 Å². The van der Waals surface area contributed by atoms with Crippen molar-refractivity contribution in [3.8, 4) is 0 Å². The largest absolute Gasteiger partial charge is 0.458 e. The third-order valence-corrected chi connectivity index (χ3v) is 5.98. The van der Waals surface area contributed by atoms with Gasteiger partial charge in [0.15, 0.2) is 0 Å². The van der Waals surface area contributed by atoms with Gasteiger partial charge in [0.25, 0.3) is 0 Å². The zero-order valence-corrected chi connectivity index (χ0v) is 13.2. The molecule has 4 saturated carbocycles. The van der Waals surface area contributed by atoms with Crippen LogP contribution in [0.25, 0.3) is 5.57 Å². The number of allylic oxidation sites excluding steroid dienone is 1. The van der Waals surface area contributed by atoms with Crippen LogP contribution in [0, 0.1) is 23.7 Å².